The highest BCUT2D eigenvalue weighted by Gasteiger charge is 2.35. The van der Waals surface area contributed by atoms with E-state index in [1.807, 2.05) is 32.3 Å². The molecule has 12 heteroatoms. The minimum atomic E-state index is -3.91. The summed E-state index contributed by atoms with van der Waals surface area (Å²) in [6, 6.07) is 14.9. The molecular formula is C28H30Cl3N5O3S. The maximum absolute atomic E-state index is 14.1. The van der Waals surface area contributed by atoms with Gasteiger partial charge >= 0.3 is 6.03 Å². The van der Waals surface area contributed by atoms with E-state index in [0.717, 1.165) is 13.1 Å². The monoisotopic (exact) mass is 621 g/mol. The third-order valence-corrected chi connectivity index (χ3v) is 10.0. The highest BCUT2D eigenvalue weighted by atomic mass is 35.5. The highest BCUT2D eigenvalue weighted by molar-refractivity contribution is 7.89. The quantitative estimate of drug-likeness (QED) is 0.374. The molecule has 0 unspecified atom stereocenters. The van der Waals surface area contributed by atoms with Crippen molar-refractivity contribution in [3.8, 4) is 11.1 Å². The van der Waals surface area contributed by atoms with Crippen LogP contribution in [0.4, 0.5) is 16.2 Å². The van der Waals surface area contributed by atoms with Crippen LogP contribution >= 0.6 is 34.8 Å². The number of likely N-dealkylation sites (N-methyl/N-ethyl adjacent to an activating group) is 1. The van der Waals surface area contributed by atoms with E-state index in [2.05, 4.69) is 15.1 Å². The molecule has 0 bridgehead atoms. The number of halogens is 3. The number of rotatable bonds is 7. The molecule has 0 aromatic heterocycles. The summed E-state index contributed by atoms with van der Waals surface area (Å²) in [4.78, 5) is 19.1. The highest BCUT2D eigenvalue weighted by Crippen LogP contribution is 2.45. The standard InChI is InChI=1S/C28H30Cl3N5O3S/c1-33(2)10-11-34-12-14-35(15-13-34)40(38,39)19-16-21(20-6-3-4-7-23(20)29)22-18-32-28(37)36(26(22)17-19)27-24(30)8-5-9-25(27)31/h3-9,16-17H,10-15,18H2,1-2H3,(H,32,37). The van der Waals surface area contributed by atoms with E-state index in [-0.39, 0.29) is 27.2 Å². The number of hydrogen-bond donors (Lipinski definition) is 1. The Balaban J connectivity index is 1.62. The van der Waals surface area contributed by atoms with Gasteiger partial charge in [0, 0.05) is 62.0 Å². The Kier molecular flexibility index (Phi) is 8.63. The number of carbonyl (C=O) groups is 1. The first kappa shape index (κ1) is 29.1. The van der Waals surface area contributed by atoms with Crippen LogP contribution in [-0.4, -0.2) is 81.9 Å². The summed E-state index contributed by atoms with van der Waals surface area (Å²) in [6.45, 7) is 3.97. The molecule has 212 valence electrons. The fraction of sp³-hybridized carbons (Fsp3) is 0.321. The number of nitrogens with one attached hydrogen (secondary N) is 1. The topological polar surface area (TPSA) is 76.2 Å². The zero-order chi connectivity index (χ0) is 28.6. The van der Waals surface area contributed by atoms with Gasteiger partial charge in [0.25, 0.3) is 0 Å². The van der Waals surface area contributed by atoms with E-state index in [4.69, 9.17) is 34.8 Å². The molecule has 0 aliphatic carbocycles. The number of benzene rings is 3. The number of sulfonamides is 1. The van der Waals surface area contributed by atoms with Gasteiger partial charge in [-0.25, -0.2) is 13.2 Å². The number of para-hydroxylation sites is 1. The molecule has 1 saturated heterocycles. The Morgan fingerprint density at radius 2 is 1.52 bits per heavy atom. The molecule has 5 rings (SSSR count). The first-order chi connectivity index (χ1) is 19.1. The molecule has 3 aromatic rings. The number of nitrogens with zero attached hydrogens (tertiary/aromatic N) is 4. The first-order valence-corrected chi connectivity index (χ1v) is 15.5. The van der Waals surface area contributed by atoms with Crippen molar-refractivity contribution < 1.29 is 13.2 Å². The molecule has 0 saturated carbocycles. The number of carbonyl (C=O) groups excluding carboxylic acids is 1. The van der Waals surface area contributed by atoms with Crippen LogP contribution in [0.25, 0.3) is 11.1 Å². The first-order valence-electron chi connectivity index (χ1n) is 12.9. The molecule has 2 amide bonds. The van der Waals surface area contributed by atoms with Gasteiger partial charge in [-0.2, -0.15) is 4.31 Å². The molecule has 1 fully saturated rings. The molecule has 2 aliphatic rings. The van der Waals surface area contributed by atoms with Crippen molar-refractivity contribution in [1.29, 1.82) is 0 Å². The van der Waals surface area contributed by atoms with Crippen molar-refractivity contribution >= 4 is 62.2 Å². The van der Waals surface area contributed by atoms with Gasteiger partial charge in [0.2, 0.25) is 10.0 Å². The normalized spacial score (nSPS) is 16.8. The Labute approximate surface area is 250 Å². The fourth-order valence-corrected chi connectivity index (χ4v) is 7.32. The number of piperazine rings is 1. The van der Waals surface area contributed by atoms with Crippen molar-refractivity contribution in [2.24, 2.45) is 0 Å². The zero-order valence-electron chi connectivity index (χ0n) is 22.2. The van der Waals surface area contributed by atoms with Crippen molar-refractivity contribution in [2.75, 3.05) is 58.3 Å². The Bertz CT molecular complexity index is 1520. The molecule has 3 aromatic carbocycles. The van der Waals surface area contributed by atoms with Gasteiger partial charge in [-0.15, -0.1) is 0 Å². The lowest BCUT2D eigenvalue weighted by Gasteiger charge is -2.36. The smallest absolute Gasteiger partial charge is 0.326 e. The molecule has 8 nitrogen and oxygen atoms in total. The average Bonchev–Trinajstić information content (AvgIpc) is 2.93. The van der Waals surface area contributed by atoms with Crippen LogP contribution in [-0.2, 0) is 16.6 Å². The molecule has 40 heavy (non-hydrogen) atoms. The number of hydrogen-bond acceptors (Lipinski definition) is 5. The van der Waals surface area contributed by atoms with Crippen LogP contribution in [0, 0.1) is 0 Å². The van der Waals surface area contributed by atoms with E-state index < -0.39 is 16.1 Å². The lowest BCUT2D eigenvalue weighted by Crippen LogP contribution is -2.50. The maximum Gasteiger partial charge on any atom is 0.326 e. The minimum Gasteiger partial charge on any atom is -0.333 e. The third-order valence-electron chi connectivity index (χ3n) is 7.22. The second kappa shape index (κ2) is 11.9. The summed E-state index contributed by atoms with van der Waals surface area (Å²) in [7, 11) is 0.133. The summed E-state index contributed by atoms with van der Waals surface area (Å²) in [5, 5.41) is 3.86. The Hall–Kier alpha value is -2.37. The molecule has 2 heterocycles. The van der Waals surface area contributed by atoms with Crippen LogP contribution in [0.2, 0.25) is 15.1 Å². The molecular weight excluding hydrogens is 593 g/mol. The number of fused-ring (bicyclic) bond motifs is 1. The van der Waals surface area contributed by atoms with Gasteiger partial charge < -0.3 is 10.2 Å². The second-order valence-corrected chi connectivity index (χ2v) is 13.2. The van der Waals surface area contributed by atoms with Crippen LogP contribution in [0.1, 0.15) is 5.56 Å². The third kappa shape index (κ3) is 5.69. The van der Waals surface area contributed by atoms with Crippen LogP contribution < -0.4 is 10.2 Å². The van der Waals surface area contributed by atoms with Crippen LogP contribution in [0.3, 0.4) is 0 Å². The average molecular weight is 623 g/mol. The number of amides is 2. The molecule has 1 N–H and O–H groups in total. The predicted molar refractivity (Wildman–Crippen MR) is 161 cm³/mol. The number of urea groups is 1. The van der Waals surface area contributed by atoms with Gasteiger partial charge in [-0.1, -0.05) is 59.1 Å². The van der Waals surface area contributed by atoms with Crippen LogP contribution in [0.5, 0.6) is 0 Å². The Morgan fingerprint density at radius 1 is 0.875 bits per heavy atom. The summed E-state index contributed by atoms with van der Waals surface area (Å²) in [5.74, 6) is 0. The second-order valence-electron chi connectivity index (χ2n) is 10.1. The summed E-state index contributed by atoms with van der Waals surface area (Å²) in [5.41, 5.74) is 2.64. The zero-order valence-corrected chi connectivity index (χ0v) is 25.3. The summed E-state index contributed by atoms with van der Waals surface area (Å²) < 4.78 is 29.6. The van der Waals surface area contributed by atoms with Crippen molar-refractivity contribution in [3.63, 3.8) is 0 Å². The van der Waals surface area contributed by atoms with Crippen molar-refractivity contribution in [1.82, 2.24) is 19.4 Å². The minimum absolute atomic E-state index is 0.0748. The lowest BCUT2D eigenvalue weighted by molar-refractivity contribution is 0.174. The summed E-state index contributed by atoms with van der Waals surface area (Å²) in [6.07, 6.45) is 0. The van der Waals surface area contributed by atoms with Crippen LogP contribution in [0.15, 0.2) is 59.5 Å². The number of anilines is 2. The van der Waals surface area contributed by atoms with Gasteiger partial charge in [0.15, 0.2) is 0 Å². The predicted octanol–water partition coefficient (Wildman–Crippen LogP) is 5.54. The molecule has 2 aliphatic heterocycles. The molecule has 0 radical (unpaired) electrons. The van der Waals surface area contributed by atoms with Crippen molar-refractivity contribution in [2.45, 2.75) is 11.4 Å². The SMILES string of the molecule is CN(C)CCN1CCN(S(=O)(=O)c2cc(-c3ccccc3Cl)c3c(c2)N(c2c(Cl)cccc2Cl)C(=O)NC3)CC1. The van der Waals surface area contributed by atoms with Gasteiger partial charge in [0.1, 0.15) is 0 Å². The summed E-state index contributed by atoms with van der Waals surface area (Å²) >= 11 is 19.7. The largest absolute Gasteiger partial charge is 0.333 e. The van der Waals surface area contributed by atoms with Crippen molar-refractivity contribution in [3.05, 3.63) is 75.2 Å². The molecule has 0 atom stereocenters. The van der Waals surface area contributed by atoms with E-state index in [1.165, 1.54) is 9.21 Å². The fourth-order valence-electron chi connectivity index (χ4n) is 5.05. The lowest BCUT2D eigenvalue weighted by atomic mass is 9.96. The maximum atomic E-state index is 14.1. The van der Waals surface area contributed by atoms with E-state index >= 15 is 0 Å². The van der Waals surface area contributed by atoms with Gasteiger partial charge in [-0.05, 0) is 50.0 Å². The van der Waals surface area contributed by atoms with E-state index in [0.29, 0.717) is 53.6 Å². The molecule has 0 spiro atoms. The van der Waals surface area contributed by atoms with Gasteiger partial charge in [-0.3, -0.25) is 9.80 Å². The van der Waals surface area contributed by atoms with Gasteiger partial charge in [0.05, 0.1) is 26.3 Å². The Morgan fingerprint density at radius 3 is 2.17 bits per heavy atom. The van der Waals surface area contributed by atoms with E-state index in [9.17, 15) is 13.2 Å². The van der Waals surface area contributed by atoms with E-state index in [1.54, 1.807) is 36.4 Å².